The lowest BCUT2D eigenvalue weighted by atomic mass is 10.1. The van der Waals surface area contributed by atoms with Gasteiger partial charge in [0.25, 0.3) is 11.8 Å². The maximum Gasteiger partial charge on any atom is 0.416 e. The van der Waals surface area contributed by atoms with E-state index in [4.69, 9.17) is 11.6 Å². The zero-order valence-electron chi connectivity index (χ0n) is 16.5. The molecule has 0 bridgehead atoms. The maximum absolute atomic E-state index is 12.9. The molecule has 164 valence electrons. The molecular weight excluding hydrogens is 431 g/mol. The summed E-state index contributed by atoms with van der Waals surface area (Å²) in [5, 5.41) is 3.41. The first-order valence-corrected chi connectivity index (χ1v) is 10.4. The number of fused-ring (bicyclic) bond motifs is 1. The molecule has 0 spiro atoms. The van der Waals surface area contributed by atoms with Crippen LogP contribution in [-0.4, -0.2) is 59.9 Å². The Balaban J connectivity index is 1.36. The maximum atomic E-state index is 12.9. The molecule has 0 aromatic heterocycles. The molecule has 2 aromatic rings. The zero-order chi connectivity index (χ0) is 22.2. The van der Waals surface area contributed by atoms with Crippen molar-refractivity contribution in [3.05, 3.63) is 70.2 Å². The molecule has 2 aromatic carbocycles. The van der Waals surface area contributed by atoms with Crippen molar-refractivity contribution in [2.75, 3.05) is 26.2 Å². The molecule has 2 amide bonds. The Labute approximate surface area is 182 Å². The van der Waals surface area contributed by atoms with Gasteiger partial charge >= 0.3 is 6.18 Å². The summed E-state index contributed by atoms with van der Waals surface area (Å²) >= 11 is 5.89. The molecule has 9 heteroatoms. The average molecular weight is 452 g/mol. The highest BCUT2D eigenvalue weighted by Gasteiger charge is 2.38. The minimum absolute atomic E-state index is 0.0146. The summed E-state index contributed by atoms with van der Waals surface area (Å²) in [6.07, 6.45) is -3.86. The molecule has 0 aliphatic carbocycles. The number of halogens is 4. The minimum atomic E-state index is -4.50. The molecule has 2 aliphatic heterocycles. The van der Waals surface area contributed by atoms with E-state index < -0.39 is 17.6 Å². The van der Waals surface area contributed by atoms with Crippen molar-refractivity contribution < 1.29 is 22.8 Å². The van der Waals surface area contributed by atoms with Crippen LogP contribution in [0.4, 0.5) is 13.2 Å². The molecule has 0 radical (unpaired) electrons. The largest absolute Gasteiger partial charge is 0.416 e. The van der Waals surface area contributed by atoms with Crippen molar-refractivity contribution in [1.29, 1.82) is 0 Å². The first kappa shape index (κ1) is 21.6. The zero-order valence-corrected chi connectivity index (χ0v) is 17.3. The molecule has 2 unspecified atom stereocenters. The van der Waals surface area contributed by atoms with Crippen molar-refractivity contribution in [3.63, 3.8) is 0 Å². The van der Waals surface area contributed by atoms with Crippen molar-refractivity contribution in [3.8, 4) is 0 Å². The highest BCUT2D eigenvalue weighted by molar-refractivity contribution is 6.30. The Kier molecular flexibility index (Phi) is 5.94. The van der Waals surface area contributed by atoms with Crippen molar-refractivity contribution in [2.45, 2.75) is 24.7 Å². The number of hydrogen-bond acceptors (Lipinski definition) is 3. The van der Waals surface area contributed by atoms with Crippen LogP contribution in [0.3, 0.4) is 0 Å². The van der Waals surface area contributed by atoms with E-state index in [0.29, 0.717) is 43.2 Å². The van der Waals surface area contributed by atoms with E-state index in [1.165, 1.54) is 12.1 Å². The number of carbonyl (C=O) groups is 2. The monoisotopic (exact) mass is 451 g/mol. The van der Waals surface area contributed by atoms with Crippen LogP contribution in [0.2, 0.25) is 5.02 Å². The van der Waals surface area contributed by atoms with Gasteiger partial charge in [-0.3, -0.25) is 14.5 Å². The van der Waals surface area contributed by atoms with Gasteiger partial charge < -0.3 is 10.2 Å². The van der Waals surface area contributed by atoms with Crippen molar-refractivity contribution in [2.24, 2.45) is 0 Å². The highest BCUT2D eigenvalue weighted by atomic mass is 35.5. The second-order valence-corrected chi connectivity index (χ2v) is 8.33. The summed E-state index contributed by atoms with van der Waals surface area (Å²) in [6, 6.07) is 11.1. The Morgan fingerprint density at radius 2 is 1.74 bits per heavy atom. The predicted molar refractivity (Wildman–Crippen MR) is 110 cm³/mol. The third-order valence-corrected chi connectivity index (χ3v) is 6.03. The van der Waals surface area contributed by atoms with E-state index in [9.17, 15) is 22.8 Å². The van der Waals surface area contributed by atoms with Crippen molar-refractivity contribution in [1.82, 2.24) is 15.1 Å². The van der Waals surface area contributed by atoms with Gasteiger partial charge in [-0.05, 0) is 48.9 Å². The number of rotatable bonds is 3. The molecule has 5 nitrogen and oxygen atoms in total. The fourth-order valence-electron chi connectivity index (χ4n) is 4.21. The molecular formula is C22H21ClF3N3O2. The van der Waals surface area contributed by atoms with Gasteiger partial charge in [0.05, 0.1) is 5.56 Å². The van der Waals surface area contributed by atoms with E-state index in [1.54, 1.807) is 29.2 Å². The Morgan fingerprint density at radius 1 is 1.00 bits per heavy atom. The molecule has 2 atom stereocenters. The van der Waals surface area contributed by atoms with Crippen molar-refractivity contribution >= 4 is 23.4 Å². The molecule has 2 aliphatic rings. The molecule has 2 fully saturated rings. The van der Waals surface area contributed by atoms with Crippen LogP contribution in [-0.2, 0) is 6.18 Å². The quantitative estimate of drug-likeness (QED) is 0.774. The van der Waals surface area contributed by atoms with E-state index in [-0.39, 0.29) is 23.6 Å². The first-order chi connectivity index (χ1) is 14.7. The number of amides is 2. The van der Waals surface area contributed by atoms with Crippen LogP contribution in [0, 0.1) is 0 Å². The second-order valence-electron chi connectivity index (χ2n) is 7.89. The summed E-state index contributed by atoms with van der Waals surface area (Å²) in [5.41, 5.74) is -0.287. The fourth-order valence-corrected chi connectivity index (χ4v) is 4.34. The predicted octanol–water partition coefficient (Wildman–Crippen LogP) is 3.69. The average Bonchev–Trinajstić information content (AvgIpc) is 3.14. The van der Waals surface area contributed by atoms with Gasteiger partial charge in [0.1, 0.15) is 0 Å². The second kappa shape index (κ2) is 8.51. The molecule has 0 saturated carbocycles. The summed E-state index contributed by atoms with van der Waals surface area (Å²) in [4.78, 5) is 29.3. The van der Waals surface area contributed by atoms with E-state index in [2.05, 4.69) is 10.2 Å². The van der Waals surface area contributed by atoms with Crippen LogP contribution >= 0.6 is 11.6 Å². The normalized spacial score (nSPS) is 21.6. The number of carbonyl (C=O) groups excluding carboxylic acids is 2. The van der Waals surface area contributed by atoms with E-state index >= 15 is 0 Å². The van der Waals surface area contributed by atoms with Crippen LogP contribution in [0.15, 0.2) is 48.5 Å². The number of piperazine rings is 1. The number of nitrogens with one attached hydrogen (secondary N) is 1. The minimum Gasteiger partial charge on any atom is -0.348 e. The summed E-state index contributed by atoms with van der Waals surface area (Å²) in [6.45, 7) is 2.40. The SMILES string of the molecule is O=C(NC1CC2CN(C(=O)c3ccc(Cl)cc3)CCN2C1)c1cccc(C(F)(F)F)c1. The van der Waals surface area contributed by atoms with Crippen LogP contribution < -0.4 is 5.32 Å². The number of nitrogens with zero attached hydrogens (tertiary/aromatic N) is 2. The van der Waals surface area contributed by atoms with E-state index in [0.717, 1.165) is 12.1 Å². The number of benzene rings is 2. The molecule has 2 saturated heterocycles. The van der Waals surface area contributed by atoms with E-state index in [1.807, 2.05) is 0 Å². The topological polar surface area (TPSA) is 52.7 Å². The highest BCUT2D eigenvalue weighted by Crippen LogP contribution is 2.30. The molecule has 2 heterocycles. The fraction of sp³-hybridized carbons (Fsp3) is 0.364. The Bertz CT molecular complexity index is 981. The lowest BCUT2D eigenvalue weighted by molar-refractivity contribution is -0.137. The van der Waals surface area contributed by atoms with Gasteiger partial charge in [0.2, 0.25) is 0 Å². The van der Waals surface area contributed by atoms with Gasteiger partial charge in [-0.2, -0.15) is 13.2 Å². The molecule has 4 rings (SSSR count). The summed E-state index contributed by atoms with van der Waals surface area (Å²) in [7, 11) is 0. The summed E-state index contributed by atoms with van der Waals surface area (Å²) in [5.74, 6) is -0.585. The van der Waals surface area contributed by atoms with Crippen LogP contribution in [0.5, 0.6) is 0 Å². The first-order valence-electron chi connectivity index (χ1n) is 9.98. The third kappa shape index (κ3) is 4.85. The van der Waals surface area contributed by atoms with Crippen LogP contribution in [0.25, 0.3) is 0 Å². The lowest BCUT2D eigenvalue weighted by Crippen LogP contribution is -2.52. The van der Waals surface area contributed by atoms with Gasteiger partial charge in [-0.25, -0.2) is 0 Å². The summed E-state index contributed by atoms with van der Waals surface area (Å²) < 4.78 is 38.7. The van der Waals surface area contributed by atoms with Gasteiger partial charge in [-0.1, -0.05) is 17.7 Å². The smallest absolute Gasteiger partial charge is 0.348 e. The standard InChI is InChI=1S/C22H21ClF3N3O2/c23-17-6-4-14(5-7-17)21(31)29-9-8-28-12-18(11-19(28)13-29)27-20(30)15-2-1-3-16(10-15)22(24,25)26/h1-7,10,18-19H,8-9,11-13H2,(H,27,30). The lowest BCUT2D eigenvalue weighted by Gasteiger charge is -2.37. The number of alkyl halides is 3. The van der Waals surface area contributed by atoms with Gasteiger partial charge in [0.15, 0.2) is 0 Å². The third-order valence-electron chi connectivity index (χ3n) is 5.78. The molecule has 31 heavy (non-hydrogen) atoms. The van der Waals surface area contributed by atoms with Crippen LogP contribution in [0.1, 0.15) is 32.7 Å². The van der Waals surface area contributed by atoms with Gasteiger partial charge in [0, 0.05) is 54.4 Å². The Hall–Kier alpha value is -2.58. The van der Waals surface area contributed by atoms with Gasteiger partial charge in [-0.15, -0.1) is 0 Å². The Morgan fingerprint density at radius 3 is 2.45 bits per heavy atom. The molecule has 1 N–H and O–H groups in total. The number of hydrogen-bond donors (Lipinski definition) is 1.